The van der Waals surface area contributed by atoms with Crippen LogP contribution in [0.2, 0.25) is 0 Å². The lowest BCUT2D eigenvalue weighted by Gasteiger charge is -2.15. The van der Waals surface area contributed by atoms with E-state index in [1.807, 2.05) is 12.3 Å². The second kappa shape index (κ2) is 5.73. The molecule has 0 amide bonds. The van der Waals surface area contributed by atoms with E-state index in [4.69, 9.17) is 9.72 Å². The van der Waals surface area contributed by atoms with Gasteiger partial charge in [0.25, 0.3) is 0 Å². The van der Waals surface area contributed by atoms with Crippen molar-refractivity contribution in [1.29, 1.82) is 0 Å². The SMILES string of the molecule is c1cnc2c(c1)nc(CC1CCCO1)n2CC1CCNC1. The van der Waals surface area contributed by atoms with Crippen molar-refractivity contribution in [2.24, 2.45) is 5.92 Å². The first-order chi connectivity index (χ1) is 10.4. The zero-order valence-corrected chi connectivity index (χ0v) is 12.3. The quantitative estimate of drug-likeness (QED) is 0.930. The largest absolute Gasteiger partial charge is 0.378 e. The summed E-state index contributed by atoms with van der Waals surface area (Å²) in [5, 5.41) is 3.45. The van der Waals surface area contributed by atoms with Crippen molar-refractivity contribution in [3.8, 4) is 0 Å². The predicted molar refractivity (Wildman–Crippen MR) is 81.2 cm³/mol. The Kier molecular flexibility index (Phi) is 3.61. The van der Waals surface area contributed by atoms with Gasteiger partial charge in [-0.25, -0.2) is 9.97 Å². The van der Waals surface area contributed by atoms with E-state index < -0.39 is 0 Å². The molecule has 5 heteroatoms. The lowest BCUT2D eigenvalue weighted by molar-refractivity contribution is 0.109. The second-order valence-corrected chi connectivity index (χ2v) is 6.18. The minimum Gasteiger partial charge on any atom is -0.378 e. The molecule has 0 aliphatic carbocycles. The summed E-state index contributed by atoms with van der Waals surface area (Å²) in [5.41, 5.74) is 2.04. The summed E-state index contributed by atoms with van der Waals surface area (Å²) < 4.78 is 8.12. The number of pyridine rings is 1. The van der Waals surface area contributed by atoms with E-state index >= 15 is 0 Å². The fourth-order valence-electron chi connectivity index (χ4n) is 3.49. The molecule has 0 bridgehead atoms. The monoisotopic (exact) mass is 286 g/mol. The molecule has 0 radical (unpaired) electrons. The first-order valence-electron chi connectivity index (χ1n) is 8.02. The Hall–Kier alpha value is -1.46. The number of nitrogens with one attached hydrogen (secondary N) is 1. The van der Waals surface area contributed by atoms with Gasteiger partial charge in [0.2, 0.25) is 0 Å². The molecular weight excluding hydrogens is 264 g/mol. The maximum absolute atomic E-state index is 5.79. The Morgan fingerprint density at radius 3 is 3.19 bits per heavy atom. The van der Waals surface area contributed by atoms with Gasteiger partial charge in [-0.2, -0.15) is 0 Å². The smallest absolute Gasteiger partial charge is 0.159 e. The molecule has 112 valence electrons. The maximum atomic E-state index is 5.79. The minimum atomic E-state index is 0.335. The van der Waals surface area contributed by atoms with Crippen LogP contribution in [-0.4, -0.2) is 40.3 Å². The number of nitrogens with zero attached hydrogens (tertiary/aromatic N) is 3. The zero-order chi connectivity index (χ0) is 14.1. The average molecular weight is 286 g/mol. The average Bonchev–Trinajstić information content (AvgIpc) is 3.23. The van der Waals surface area contributed by atoms with Gasteiger partial charge in [0, 0.05) is 25.8 Å². The van der Waals surface area contributed by atoms with Crippen LogP contribution in [0, 0.1) is 5.92 Å². The van der Waals surface area contributed by atoms with E-state index in [0.29, 0.717) is 12.0 Å². The van der Waals surface area contributed by atoms with Crippen LogP contribution in [0.1, 0.15) is 25.1 Å². The van der Waals surface area contributed by atoms with E-state index in [2.05, 4.69) is 20.9 Å². The Balaban J connectivity index is 1.65. The zero-order valence-electron chi connectivity index (χ0n) is 12.3. The molecule has 0 spiro atoms. The molecule has 2 unspecified atom stereocenters. The lowest BCUT2D eigenvalue weighted by Crippen LogP contribution is -2.19. The Morgan fingerprint density at radius 2 is 2.38 bits per heavy atom. The summed E-state index contributed by atoms with van der Waals surface area (Å²) in [4.78, 5) is 9.38. The van der Waals surface area contributed by atoms with Gasteiger partial charge in [-0.05, 0) is 50.4 Å². The summed E-state index contributed by atoms with van der Waals surface area (Å²) in [6.07, 6.45) is 6.69. The van der Waals surface area contributed by atoms with Crippen molar-refractivity contribution in [3.63, 3.8) is 0 Å². The number of aromatic nitrogens is 3. The van der Waals surface area contributed by atoms with Crippen molar-refractivity contribution < 1.29 is 4.74 Å². The Morgan fingerprint density at radius 1 is 1.38 bits per heavy atom. The molecule has 2 atom stereocenters. The molecule has 0 saturated carbocycles. The molecule has 0 aromatic carbocycles. The van der Waals surface area contributed by atoms with Gasteiger partial charge in [-0.1, -0.05) is 0 Å². The molecule has 21 heavy (non-hydrogen) atoms. The maximum Gasteiger partial charge on any atom is 0.159 e. The molecule has 2 saturated heterocycles. The van der Waals surface area contributed by atoms with Gasteiger partial charge in [-0.3, -0.25) is 0 Å². The number of rotatable bonds is 4. The number of hydrogen-bond donors (Lipinski definition) is 1. The fraction of sp³-hybridized carbons (Fsp3) is 0.625. The summed E-state index contributed by atoms with van der Waals surface area (Å²) in [7, 11) is 0. The summed E-state index contributed by atoms with van der Waals surface area (Å²) >= 11 is 0. The molecule has 1 N–H and O–H groups in total. The Bertz CT molecular complexity index is 612. The van der Waals surface area contributed by atoms with Crippen LogP contribution in [0.25, 0.3) is 11.2 Å². The van der Waals surface area contributed by atoms with E-state index in [0.717, 1.165) is 56.1 Å². The van der Waals surface area contributed by atoms with Crippen LogP contribution in [-0.2, 0) is 17.7 Å². The highest BCUT2D eigenvalue weighted by Crippen LogP contribution is 2.22. The third kappa shape index (κ3) is 2.68. The fourth-order valence-corrected chi connectivity index (χ4v) is 3.49. The first-order valence-corrected chi connectivity index (χ1v) is 8.02. The molecule has 2 aliphatic heterocycles. The van der Waals surface area contributed by atoms with Crippen LogP contribution in [0.15, 0.2) is 18.3 Å². The van der Waals surface area contributed by atoms with E-state index in [1.165, 1.54) is 12.8 Å². The van der Waals surface area contributed by atoms with Crippen LogP contribution >= 0.6 is 0 Å². The molecule has 4 heterocycles. The molecule has 4 rings (SSSR count). The number of imidazole rings is 1. The van der Waals surface area contributed by atoms with Crippen molar-refractivity contribution >= 4 is 11.2 Å². The van der Waals surface area contributed by atoms with Crippen LogP contribution in [0.4, 0.5) is 0 Å². The van der Waals surface area contributed by atoms with Crippen LogP contribution in [0.5, 0.6) is 0 Å². The van der Waals surface area contributed by atoms with Gasteiger partial charge >= 0.3 is 0 Å². The molecule has 2 aromatic heterocycles. The van der Waals surface area contributed by atoms with Crippen LogP contribution < -0.4 is 5.32 Å². The van der Waals surface area contributed by atoms with Gasteiger partial charge < -0.3 is 14.6 Å². The number of ether oxygens (including phenoxy) is 1. The normalized spacial score (nSPS) is 25.9. The third-order valence-corrected chi connectivity index (χ3v) is 4.62. The molecule has 2 fully saturated rings. The Labute approximate surface area is 124 Å². The van der Waals surface area contributed by atoms with Gasteiger partial charge in [0.05, 0.1) is 6.10 Å². The predicted octanol–water partition coefficient (Wildman–Crippen LogP) is 1.76. The van der Waals surface area contributed by atoms with Crippen molar-refractivity contribution in [2.45, 2.75) is 38.3 Å². The molecular formula is C16H22N4O. The van der Waals surface area contributed by atoms with Gasteiger partial charge in [0.1, 0.15) is 11.3 Å². The number of fused-ring (bicyclic) bond motifs is 1. The molecule has 2 aliphatic rings. The molecule has 2 aromatic rings. The van der Waals surface area contributed by atoms with Crippen molar-refractivity contribution in [3.05, 3.63) is 24.2 Å². The van der Waals surface area contributed by atoms with Crippen LogP contribution in [0.3, 0.4) is 0 Å². The van der Waals surface area contributed by atoms with Crippen molar-refractivity contribution in [2.75, 3.05) is 19.7 Å². The number of hydrogen-bond acceptors (Lipinski definition) is 4. The van der Waals surface area contributed by atoms with Crippen molar-refractivity contribution in [1.82, 2.24) is 19.9 Å². The highest BCUT2D eigenvalue weighted by molar-refractivity contribution is 5.71. The highest BCUT2D eigenvalue weighted by Gasteiger charge is 2.23. The minimum absolute atomic E-state index is 0.335. The summed E-state index contributed by atoms with van der Waals surface area (Å²) in [6, 6.07) is 4.03. The second-order valence-electron chi connectivity index (χ2n) is 6.18. The third-order valence-electron chi connectivity index (χ3n) is 4.62. The topological polar surface area (TPSA) is 52.0 Å². The van der Waals surface area contributed by atoms with Gasteiger partial charge in [-0.15, -0.1) is 0 Å². The summed E-state index contributed by atoms with van der Waals surface area (Å²) in [5.74, 6) is 1.83. The highest BCUT2D eigenvalue weighted by atomic mass is 16.5. The standard InChI is InChI=1S/C16H22N4O/c1-4-14-16(18-6-1)20(11-12-5-7-17-10-12)15(19-14)9-13-3-2-8-21-13/h1,4,6,12-13,17H,2-3,5,7-11H2. The van der Waals surface area contributed by atoms with E-state index in [-0.39, 0.29) is 0 Å². The first kappa shape index (κ1) is 13.2. The van der Waals surface area contributed by atoms with Gasteiger partial charge in [0.15, 0.2) is 5.65 Å². The lowest BCUT2D eigenvalue weighted by atomic mass is 10.1. The van der Waals surface area contributed by atoms with E-state index in [1.54, 1.807) is 0 Å². The summed E-state index contributed by atoms with van der Waals surface area (Å²) in [6.45, 7) is 4.15. The molecule has 5 nitrogen and oxygen atoms in total. The van der Waals surface area contributed by atoms with E-state index in [9.17, 15) is 0 Å².